The molecule has 1 unspecified atom stereocenters. The van der Waals surface area contributed by atoms with Crippen molar-refractivity contribution >= 4 is 6.09 Å². The standard InChI is InChI=1S/C11H15N3O3/c1-7-2-3-10(9(4-12)14-7)16-6-8-5-13-11(15)17-8/h2-3,8H,4-6,12H2,1H3,(H,13,15). The first-order chi connectivity index (χ1) is 8.19. The van der Waals surface area contributed by atoms with Gasteiger partial charge >= 0.3 is 6.09 Å². The van der Waals surface area contributed by atoms with E-state index in [1.165, 1.54) is 0 Å². The number of nitrogens with zero attached hydrogens (tertiary/aromatic N) is 1. The summed E-state index contributed by atoms with van der Waals surface area (Å²) in [6.45, 7) is 2.98. The van der Waals surface area contributed by atoms with Crippen molar-refractivity contribution in [2.24, 2.45) is 5.73 Å². The lowest BCUT2D eigenvalue weighted by atomic mass is 10.3. The predicted octanol–water partition coefficient (Wildman–Crippen LogP) is 0.336. The van der Waals surface area contributed by atoms with Crippen LogP contribution in [0.5, 0.6) is 5.75 Å². The molecule has 1 aliphatic heterocycles. The number of hydrogen-bond donors (Lipinski definition) is 2. The van der Waals surface area contributed by atoms with E-state index < -0.39 is 6.09 Å². The van der Waals surface area contributed by atoms with E-state index in [-0.39, 0.29) is 6.10 Å². The number of pyridine rings is 1. The van der Waals surface area contributed by atoms with Crippen LogP contribution in [0.25, 0.3) is 0 Å². The van der Waals surface area contributed by atoms with Gasteiger partial charge in [-0.25, -0.2) is 4.79 Å². The quantitative estimate of drug-likeness (QED) is 0.788. The molecule has 2 heterocycles. The molecule has 1 atom stereocenters. The molecule has 0 radical (unpaired) electrons. The highest BCUT2D eigenvalue weighted by Gasteiger charge is 2.23. The molecule has 2 rings (SSSR count). The Balaban J connectivity index is 1.96. The van der Waals surface area contributed by atoms with Gasteiger partial charge in [0.2, 0.25) is 0 Å². The topological polar surface area (TPSA) is 86.5 Å². The fourth-order valence-electron chi connectivity index (χ4n) is 1.58. The number of aromatic nitrogens is 1. The highest BCUT2D eigenvalue weighted by atomic mass is 16.6. The van der Waals surface area contributed by atoms with Crippen LogP contribution in [0.15, 0.2) is 12.1 Å². The van der Waals surface area contributed by atoms with Gasteiger partial charge in [0.1, 0.15) is 12.4 Å². The number of nitrogens with one attached hydrogen (secondary N) is 1. The monoisotopic (exact) mass is 237 g/mol. The first kappa shape index (κ1) is 11.7. The van der Waals surface area contributed by atoms with Crippen LogP contribution in [0, 0.1) is 6.92 Å². The van der Waals surface area contributed by atoms with Crippen LogP contribution < -0.4 is 15.8 Å². The summed E-state index contributed by atoms with van der Waals surface area (Å²) in [6, 6.07) is 3.68. The molecule has 0 bridgehead atoms. The molecule has 1 saturated heterocycles. The molecule has 0 aromatic carbocycles. The van der Waals surface area contributed by atoms with Crippen molar-refractivity contribution in [3.05, 3.63) is 23.5 Å². The third-order valence-electron chi connectivity index (χ3n) is 2.44. The van der Waals surface area contributed by atoms with Gasteiger partial charge in [-0.1, -0.05) is 0 Å². The molecule has 0 spiro atoms. The number of alkyl carbamates (subject to hydrolysis) is 1. The van der Waals surface area contributed by atoms with E-state index in [1.807, 2.05) is 19.1 Å². The zero-order valence-electron chi connectivity index (χ0n) is 9.60. The van der Waals surface area contributed by atoms with Crippen LogP contribution in [-0.2, 0) is 11.3 Å². The Labute approximate surface area is 99.1 Å². The highest BCUT2D eigenvalue weighted by Crippen LogP contribution is 2.17. The van der Waals surface area contributed by atoms with E-state index in [0.29, 0.717) is 31.1 Å². The van der Waals surface area contributed by atoms with Gasteiger partial charge in [0.15, 0.2) is 6.10 Å². The van der Waals surface area contributed by atoms with Crippen molar-refractivity contribution in [2.75, 3.05) is 13.2 Å². The lowest BCUT2D eigenvalue weighted by Crippen LogP contribution is -2.22. The van der Waals surface area contributed by atoms with Crippen molar-refractivity contribution in [3.63, 3.8) is 0 Å². The lowest BCUT2D eigenvalue weighted by Gasteiger charge is -2.12. The lowest BCUT2D eigenvalue weighted by molar-refractivity contribution is 0.104. The number of rotatable bonds is 4. The summed E-state index contributed by atoms with van der Waals surface area (Å²) in [4.78, 5) is 15.1. The van der Waals surface area contributed by atoms with Crippen molar-refractivity contribution < 1.29 is 14.3 Å². The summed E-state index contributed by atoms with van der Waals surface area (Å²) < 4.78 is 10.5. The maximum atomic E-state index is 10.8. The molecule has 6 nitrogen and oxygen atoms in total. The molecule has 0 saturated carbocycles. The van der Waals surface area contributed by atoms with Crippen LogP contribution in [0.3, 0.4) is 0 Å². The molecule has 1 aromatic heterocycles. The van der Waals surface area contributed by atoms with Crippen molar-refractivity contribution in [1.29, 1.82) is 0 Å². The Morgan fingerprint density at radius 2 is 2.47 bits per heavy atom. The van der Waals surface area contributed by atoms with Crippen LogP contribution >= 0.6 is 0 Å². The summed E-state index contributed by atoms with van der Waals surface area (Å²) in [5, 5.41) is 2.56. The average Bonchev–Trinajstić information content (AvgIpc) is 2.73. The number of carbonyl (C=O) groups excluding carboxylic acids is 1. The van der Waals surface area contributed by atoms with Crippen LogP contribution in [-0.4, -0.2) is 30.3 Å². The molecule has 3 N–H and O–H groups in total. The Bertz CT molecular complexity index is 422. The minimum Gasteiger partial charge on any atom is -0.488 e. The number of cyclic esters (lactones) is 1. The molecule has 1 aliphatic rings. The minimum atomic E-state index is -0.403. The molecule has 1 fully saturated rings. The second kappa shape index (κ2) is 5.01. The largest absolute Gasteiger partial charge is 0.488 e. The van der Waals surface area contributed by atoms with E-state index in [0.717, 1.165) is 5.69 Å². The van der Waals surface area contributed by atoms with E-state index in [1.54, 1.807) is 0 Å². The maximum Gasteiger partial charge on any atom is 0.407 e. The number of ether oxygens (including phenoxy) is 2. The van der Waals surface area contributed by atoms with Crippen molar-refractivity contribution in [3.8, 4) is 5.75 Å². The number of amides is 1. The second-order valence-corrected chi connectivity index (χ2v) is 3.82. The molecule has 0 aliphatic carbocycles. The van der Waals surface area contributed by atoms with Crippen LogP contribution in [0.2, 0.25) is 0 Å². The maximum absolute atomic E-state index is 10.8. The number of aryl methyl sites for hydroxylation is 1. The van der Waals surface area contributed by atoms with Crippen LogP contribution in [0.1, 0.15) is 11.4 Å². The third kappa shape index (κ3) is 2.85. The Morgan fingerprint density at radius 3 is 3.12 bits per heavy atom. The van der Waals surface area contributed by atoms with Gasteiger partial charge < -0.3 is 20.5 Å². The van der Waals surface area contributed by atoms with Gasteiger partial charge in [0, 0.05) is 12.2 Å². The normalized spacial score (nSPS) is 18.7. The highest BCUT2D eigenvalue weighted by molar-refractivity contribution is 5.69. The minimum absolute atomic E-state index is 0.255. The summed E-state index contributed by atoms with van der Waals surface area (Å²) in [7, 11) is 0. The van der Waals surface area contributed by atoms with E-state index >= 15 is 0 Å². The number of nitrogens with two attached hydrogens (primary N) is 1. The van der Waals surface area contributed by atoms with Crippen molar-refractivity contribution in [1.82, 2.24) is 10.3 Å². The molecule has 6 heteroatoms. The SMILES string of the molecule is Cc1ccc(OCC2CNC(=O)O2)c(CN)n1. The second-order valence-electron chi connectivity index (χ2n) is 3.82. The third-order valence-corrected chi connectivity index (χ3v) is 2.44. The Morgan fingerprint density at radius 1 is 1.65 bits per heavy atom. The fraction of sp³-hybridized carbons (Fsp3) is 0.455. The molecule has 1 aromatic rings. The number of hydrogen-bond acceptors (Lipinski definition) is 5. The Kier molecular flexibility index (Phi) is 3.43. The summed E-state index contributed by atoms with van der Waals surface area (Å²) >= 11 is 0. The van der Waals surface area contributed by atoms with Gasteiger partial charge in [-0.3, -0.25) is 4.98 Å². The van der Waals surface area contributed by atoms with Crippen molar-refractivity contribution in [2.45, 2.75) is 19.6 Å². The molecule has 17 heavy (non-hydrogen) atoms. The van der Waals surface area contributed by atoms with Gasteiger partial charge in [-0.15, -0.1) is 0 Å². The molecule has 1 amide bonds. The molecule has 92 valence electrons. The predicted molar refractivity (Wildman–Crippen MR) is 60.6 cm³/mol. The van der Waals surface area contributed by atoms with Gasteiger partial charge in [0.25, 0.3) is 0 Å². The zero-order valence-corrected chi connectivity index (χ0v) is 9.60. The first-order valence-electron chi connectivity index (χ1n) is 5.43. The Hall–Kier alpha value is -1.82. The summed E-state index contributed by atoms with van der Waals surface area (Å²) in [5.74, 6) is 0.640. The number of carbonyl (C=O) groups is 1. The summed E-state index contributed by atoms with van der Waals surface area (Å²) in [5.41, 5.74) is 7.19. The van der Waals surface area contributed by atoms with E-state index in [9.17, 15) is 4.79 Å². The first-order valence-corrected chi connectivity index (χ1v) is 5.43. The van der Waals surface area contributed by atoms with Gasteiger partial charge in [-0.2, -0.15) is 0 Å². The van der Waals surface area contributed by atoms with Gasteiger partial charge in [-0.05, 0) is 19.1 Å². The smallest absolute Gasteiger partial charge is 0.407 e. The fourth-order valence-corrected chi connectivity index (χ4v) is 1.58. The zero-order chi connectivity index (χ0) is 12.3. The molecular weight excluding hydrogens is 222 g/mol. The summed E-state index contributed by atoms with van der Waals surface area (Å²) in [6.07, 6.45) is -0.658. The molecular formula is C11H15N3O3. The van der Waals surface area contributed by atoms with E-state index in [4.69, 9.17) is 15.2 Å². The van der Waals surface area contributed by atoms with E-state index in [2.05, 4.69) is 10.3 Å². The average molecular weight is 237 g/mol. The van der Waals surface area contributed by atoms with Gasteiger partial charge in [0.05, 0.1) is 12.2 Å². The van der Waals surface area contributed by atoms with Crippen LogP contribution in [0.4, 0.5) is 4.79 Å².